The third kappa shape index (κ3) is 2.54. The summed E-state index contributed by atoms with van der Waals surface area (Å²) in [6.45, 7) is 3.65. The number of halogens is 1. The van der Waals surface area contributed by atoms with Crippen LogP contribution in [0.2, 0.25) is 0 Å². The smallest absolute Gasteiger partial charge is 0.160 e. The van der Waals surface area contributed by atoms with Crippen LogP contribution in [0.1, 0.15) is 11.5 Å². The summed E-state index contributed by atoms with van der Waals surface area (Å²) in [7, 11) is 0. The maximum absolute atomic E-state index is 5.88. The highest BCUT2D eigenvalue weighted by molar-refractivity contribution is 6.17. The number of rotatable bonds is 5. The molecule has 0 bridgehead atoms. The highest BCUT2D eigenvalue weighted by atomic mass is 35.5. The molecule has 3 rings (SSSR count). The van der Waals surface area contributed by atoms with Gasteiger partial charge in [0.25, 0.3) is 0 Å². The predicted molar refractivity (Wildman–Crippen MR) is 78.9 cm³/mol. The number of pyridine rings is 1. The van der Waals surface area contributed by atoms with Crippen molar-refractivity contribution in [1.29, 1.82) is 0 Å². The minimum absolute atomic E-state index is 0.563. The maximum atomic E-state index is 5.88. The first-order valence-electron chi connectivity index (χ1n) is 6.62. The van der Waals surface area contributed by atoms with Crippen molar-refractivity contribution in [2.75, 3.05) is 5.88 Å². The van der Waals surface area contributed by atoms with Crippen LogP contribution in [0, 0.1) is 6.92 Å². The molecule has 0 spiro atoms. The highest BCUT2D eigenvalue weighted by Crippen LogP contribution is 2.16. The Kier molecular flexibility index (Phi) is 3.69. The lowest BCUT2D eigenvalue weighted by atomic mass is 10.3. The number of nitrogens with zero attached hydrogens (tertiary/aromatic N) is 5. The molecular weight excluding hydrogens is 274 g/mol. The molecule has 3 aromatic heterocycles. The number of alkyl halides is 1. The minimum Gasteiger partial charge on any atom is -0.336 e. The second-order valence-electron chi connectivity index (χ2n) is 4.71. The van der Waals surface area contributed by atoms with Crippen molar-refractivity contribution >= 4 is 22.8 Å². The van der Waals surface area contributed by atoms with Gasteiger partial charge in [-0.05, 0) is 19.1 Å². The van der Waals surface area contributed by atoms with Crippen LogP contribution in [0.15, 0.2) is 30.9 Å². The molecule has 0 radical (unpaired) electrons. The molecule has 20 heavy (non-hydrogen) atoms. The average molecular weight is 290 g/mol. The maximum Gasteiger partial charge on any atom is 0.160 e. The van der Waals surface area contributed by atoms with Gasteiger partial charge in [0.15, 0.2) is 5.65 Å². The van der Waals surface area contributed by atoms with E-state index in [9.17, 15) is 0 Å². The molecular formula is C14H16ClN5. The standard InChI is InChI=1S/C14H16ClN5/c1-11-2-3-12-14(17-11)20(13(18-12)4-5-15)9-8-19-7-6-16-10-19/h2-3,6-7,10H,4-5,8-9H2,1H3. The molecule has 0 aromatic carbocycles. The van der Waals surface area contributed by atoms with Gasteiger partial charge in [-0.2, -0.15) is 0 Å². The Hall–Kier alpha value is -1.88. The van der Waals surface area contributed by atoms with E-state index in [1.807, 2.05) is 36.1 Å². The summed E-state index contributed by atoms with van der Waals surface area (Å²) in [5.74, 6) is 1.56. The van der Waals surface area contributed by atoms with Crippen LogP contribution in [0.25, 0.3) is 11.2 Å². The van der Waals surface area contributed by atoms with Crippen LogP contribution >= 0.6 is 11.6 Å². The zero-order valence-corrected chi connectivity index (χ0v) is 12.1. The fourth-order valence-electron chi connectivity index (χ4n) is 2.29. The molecule has 0 saturated carbocycles. The quantitative estimate of drug-likeness (QED) is 0.678. The Bertz CT molecular complexity index is 702. The second kappa shape index (κ2) is 5.63. The van der Waals surface area contributed by atoms with E-state index < -0.39 is 0 Å². The predicted octanol–water partition coefficient (Wildman–Crippen LogP) is 2.42. The van der Waals surface area contributed by atoms with E-state index >= 15 is 0 Å². The Morgan fingerprint density at radius 2 is 2.10 bits per heavy atom. The summed E-state index contributed by atoms with van der Waals surface area (Å²) in [4.78, 5) is 13.3. The van der Waals surface area contributed by atoms with Crippen LogP contribution in [0.4, 0.5) is 0 Å². The summed E-state index contributed by atoms with van der Waals surface area (Å²) in [5.41, 5.74) is 2.87. The van der Waals surface area contributed by atoms with Crippen molar-refractivity contribution < 1.29 is 0 Å². The van der Waals surface area contributed by atoms with Crippen molar-refractivity contribution in [3.05, 3.63) is 42.4 Å². The molecule has 0 saturated heterocycles. The molecule has 0 aliphatic heterocycles. The number of hydrogen-bond acceptors (Lipinski definition) is 3. The largest absolute Gasteiger partial charge is 0.336 e. The molecule has 0 N–H and O–H groups in total. The van der Waals surface area contributed by atoms with Crippen LogP contribution in [0.3, 0.4) is 0 Å². The third-order valence-corrected chi connectivity index (χ3v) is 3.46. The topological polar surface area (TPSA) is 48.5 Å². The molecule has 0 aliphatic carbocycles. The van der Waals surface area contributed by atoms with Crippen molar-refractivity contribution in [3.8, 4) is 0 Å². The van der Waals surface area contributed by atoms with Gasteiger partial charge in [0.05, 0.1) is 6.33 Å². The van der Waals surface area contributed by atoms with Gasteiger partial charge >= 0.3 is 0 Å². The minimum atomic E-state index is 0.563. The van der Waals surface area contributed by atoms with Crippen LogP contribution in [-0.2, 0) is 19.5 Å². The zero-order chi connectivity index (χ0) is 13.9. The summed E-state index contributed by atoms with van der Waals surface area (Å²) in [5, 5.41) is 0. The Labute approximate surface area is 122 Å². The van der Waals surface area contributed by atoms with E-state index in [-0.39, 0.29) is 0 Å². The lowest BCUT2D eigenvalue weighted by Gasteiger charge is -2.08. The molecule has 0 aliphatic rings. The molecule has 0 atom stereocenters. The van der Waals surface area contributed by atoms with Gasteiger partial charge in [0, 0.05) is 43.5 Å². The fourth-order valence-corrected chi connectivity index (χ4v) is 2.46. The Balaban J connectivity index is 1.96. The molecule has 104 valence electrons. The van der Waals surface area contributed by atoms with Gasteiger partial charge in [0.2, 0.25) is 0 Å². The molecule has 3 aromatic rings. The number of aromatic nitrogens is 5. The first-order valence-corrected chi connectivity index (χ1v) is 7.16. The van der Waals surface area contributed by atoms with E-state index in [0.717, 1.165) is 42.2 Å². The SMILES string of the molecule is Cc1ccc2nc(CCCl)n(CCn3ccnc3)c2n1. The summed E-state index contributed by atoms with van der Waals surface area (Å²) in [6.07, 6.45) is 6.31. The Morgan fingerprint density at radius 1 is 1.20 bits per heavy atom. The summed E-state index contributed by atoms with van der Waals surface area (Å²) >= 11 is 5.88. The van der Waals surface area contributed by atoms with Gasteiger partial charge in [-0.1, -0.05) is 0 Å². The lowest BCUT2D eigenvalue weighted by Crippen LogP contribution is -2.10. The van der Waals surface area contributed by atoms with Gasteiger partial charge in [-0.15, -0.1) is 11.6 Å². The van der Waals surface area contributed by atoms with Gasteiger partial charge < -0.3 is 9.13 Å². The van der Waals surface area contributed by atoms with Gasteiger partial charge in [0.1, 0.15) is 11.3 Å². The number of hydrogen-bond donors (Lipinski definition) is 0. The molecule has 3 heterocycles. The molecule has 0 amide bonds. The number of imidazole rings is 2. The highest BCUT2D eigenvalue weighted by Gasteiger charge is 2.11. The van der Waals surface area contributed by atoms with Crippen molar-refractivity contribution in [2.45, 2.75) is 26.4 Å². The summed E-state index contributed by atoms with van der Waals surface area (Å²) < 4.78 is 4.21. The van der Waals surface area contributed by atoms with E-state index in [4.69, 9.17) is 11.6 Å². The van der Waals surface area contributed by atoms with Gasteiger partial charge in [-0.3, -0.25) is 0 Å². The van der Waals surface area contributed by atoms with Gasteiger partial charge in [-0.25, -0.2) is 15.0 Å². The third-order valence-electron chi connectivity index (χ3n) is 3.27. The first kappa shape index (κ1) is 13.1. The van der Waals surface area contributed by atoms with Crippen LogP contribution < -0.4 is 0 Å². The monoisotopic (exact) mass is 289 g/mol. The van der Waals surface area contributed by atoms with Crippen LogP contribution in [0.5, 0.6) is 0 Å². The van der Waals surface area contributed by atoms with Crippen molar-refractivity contribution in [1.82, 2.24) is 24.1 Å². The van der Waals surface area contributed by atoms with E-state index in [0.29, 0.717) is 5.88 Å². The number of fused-ring (bicyclic) bond motifs is 1. The molecule has 0 fully saturated rings. The van der Waals surface area contributed by atoms with E-state index in [1.165, 1.54) is 0 Å². The molecule has 5 nitrogen and oxygen atoms in total. The van der Waals surface area contributed by atoms with Crippen molar-refractivity contribution in [2.24, 2.45) is 0 Å². The lowest BCUT2D eigenvalue weighted by molar-refractivity contribution is 0.569. The van der Waals surface area contributed by atoms with E-state index in [2.05, 4.69) is 19.5 Å². The number of aryl methyl sites for hydroxylation is 4. The Morgan fingerprint density at radius 3 is 2.85 bits per heavy atom. The molecule has 0 unspecified atom stereocenters. The van der Waals surface area contributed by atoms with E-state index in [1.54, 1.807) is 6.20 Å². The zero-order valence-electron chi connectivity index (χ0n) is 11.3. The fraction of sp³-hybridized carbons (Fsp3) is 0.357. The normalized spacial score (nSPS) is 11.3. The first-order chi connectivity index (χ1) is 9.78. The second-order valence-corrected chi connectivity index (χ2v) is 5.09. The van der Waals surface area contributed by atoms with Crippen LogP contribution in [-0.4, -0.2) is 30.0 Å². The molecule has 6 heteroatoms. The average Bonchev–Trinajstić information content (AvgIpc) is 3.04. The van der Waals surface area contributed by atoms with Crippen molar-refractivity contribution in [3.63, 3.8) is 0 Å². The summed E-state index contributed by atoms with van der Waals surface area (Å²) in [6, 6.07) is 4.00.